The summed E-state index contributed by atoms with van der Waals surface area (Å²) in [6.45, 7) is 4.55. The molecule has 0 spiro atoms. The summed E-state index contributed by atoms with van der Waals surface area (Å²) in [5, 5.41) is 5.61. The van der Waals surface area contributed by atoms with Crippen molar-refractivity contribution >= 4 is 17.9 Å². The van der Waals surface area contributed by atoms with Gasteiger partial charge in [0.15, 0.2) is 0 Å². The van der Waals surface area contributed by atoms with E-state index in [2.05, 4.69) is 27.7 Å². The van der Waals surface area contributed by atoms with Crippen molar-refractivity contribution in [1.29, 1.82) is 0 Å². The SMILES string of the molecule is O=C(NCc1cccc(CN2CCOCC2)c1)C(=Cc1ccco1)NC(=O)c1ccccc1. The van der Waals surface area contributed by atoms with Gasteiger partial charge in [-0.25, -0.2) is 0 Å². The highest BCUT2D eigenvalue weighted by Gasteiger charge is 2.16. The molecule has 1 saturated heterocycles. The van der Waals surface area contributed by atoms with Crippen molar-refractivity contribution in [3.63, 3.8) is 0 Å². The molecule has 4 rings (SSSR count). The highest BCUT2D eigenvalue weighted by atomic mass is 16.5. The van der Waals surface area contributed by atoms with E-state index in [1.165, 1.54) is 17.9 Å². The van der Waals surface area contributed by atoms with Crippen LogP contribution in [0.3, 0.4) is 0 Å². The van der Waals surface area contributed by atoms with E-state index in [0.29, 0.717) is 17.9 Å². The number of carbonyl (C=O) groups is 2. The maximum atomic E-state index is 13.0. The summed E-state index contributed by atoms with van der Waals surface area (Å²) in [7, 11) is 0. The molecule has 33 heavy (non-hydrogen) atoms. The van der Waals surface area contributed by atoms with Gasteiger partial charge in [0.2, 0.25) is 0 Å². The van der Waals surface area contributed by atoms with Crippen LogP contribution in [-0.4, -0.2) is 43.0 Å². The average Bonchev–Trinajstić information content (AvgIpc) is 3.37. The summed E-state index contributed by atoms with van der Waals surface area (Å²) >= 11 is 0. The van der Waals surface area contributed by atoms with Gasteiger partial charge < -0.3 is 19.8 Å². The third-order valence-electron chi connectivity index (χ3n) is 5.31. The van der Waals surface area contributed by atoms with Crippen LogP contribution in [0.5, 0.6) is 0 Å². The van der Waals surface area contributed by atoms with Gasteiger partial charge in [-0.05, 0) is 35.4 Å². The van der Waals surface area contributed by atoms with E-state index in [9.17, 15) is 9.59 Å². The monoisotopic (exact) mass is 445 g/mol. The Balaban J connectivity index is 1.41. The van der Waals surface area contributed by atoms with Crippen LogP contribution in [0.2, 0.25) is 0 Å². The first-order valence-corrected chi connectivity index (χ1v) is 10.9. The van der Waals surface area contributed by atoms with Crippen LogP contribution in [-0.2, 0) is 22.6 Å². The van der Waals surface area contributed by atoms with Crippen molar-refractivity contribution < 1.29 is 18.7 Å². The third-order valence-corrected chi connectivity index (χ3v) is 5.31. The van der Waals surface area contributed by atoms with Gasteiger partial charge in [0.1, 0.15) is 11.5 Å². The summed E-state index contributed by atoms with van der Waals surface area (Å²) in [6.07, 6.45) is 3.03. The number of amides is 2. The van der Waals surface area contributed by atoms with E-state index in [4.69, 9.17) is 9.15 Å². The number of furan rings is 1. The van der Waals surface area contributed by atoms with Crippen LogP contribution in [0.4, 0.5) is 0 Å². The minimum absolute atomic E-state index is 0.114. The fourth-order valence-corrected chi connectivity index (χ4v) is 3.59. The van der Waals surface area contributed by atoms with Crippen molar-refractivity contribution in [3.05, 3.63) is 101 Å². The van der Waals surface area contributed by atoms with Gasteiger partial charge in [-0.15, -0.1) is 0 Å². The van der Waals surface area contributed by atoms with Gasteiger partial charge in [0.25, 0.3) is 11.8 Å². The van der Waals surface area contributed by atoms with Crippen LogP contribution in [0.25, 0.3) is 6.08 Å². The smallest absolute Gasteiger partial charge is 0.268 e. The predicted octanol–water partition coefficient (Wildman–Crippen LogP) is 3.20. The second kappa shape index (κ2) is 11.3. The molecule has 0 atom stereocenters. The Kier molecular flexibility index (Phi) is 7.68. The standard InChI is InChI=1S/C26H27N3O4/c30-25(22-8-2-1-3-9-22)28-24(17-23-10-5-13-33-23)26(31)27-18-20-6-4-7-21(16-20)19-29-11-14-32-15-12-29/h1-10,13,16-17H,11-12,14-15,18-19H2,(H,27,31)(H,28,30). The highest BCUT2D eigenvalue weighted by Crippen LogP contribution is 2.11. The molecule has 2 N–H and O–H groups in total. The van der Waals surface area contributed by atoms with Gasteiger partial charge in [0.05, 0.1) is 19.5 Å². The number of carbonyl (C=O) groups excluding carboxylic acids is 2. The molecule has 0 saturated carbocycles. The molecule has 1 aromatic heterocycles. The molecule has 0 bridgehead atoms. The first-order valence-electron chi connectivity index (χ1n) is 10.9. The molecule has 2 aromatic carbocycles. The molecule has 2 heterocycles. The Morgan fingerprint density at radius 2 is 1.73 bits per heavy atom. The summed E-state index contributed by atoms with van der Waals surface area (Å²) in [5.74, 6) is -0.286. The largest absolute Gasteiger partial charge is 0.465 e. The van der Waals surface area contributed by atoms with Gasteiger partial charge >= 0.3 is 0 Å². The number of hydrogen-bond acceptors (Lipinski definition) is 5. The van der Waals surface area contributed by atoms with Crippen molar-refractivity contribution in [2.75, 3.05) is 26.3 Å². The fraction of sp³-hybridized carbons (Fsp3) is 0.231. The Morgan fingerprint density at radius 3 is 2.48 bits per heavy atom. The number of rotatable bonds is 8. The number of hydrogen-bond donors (Lipinski definition) is 2. The van der Waals surface area contributed by atoms with E-state index in [-0.39, 0.29) is 11.6 Å². The van der Waals surface area contributed by atoms with E-state index in [0.717, 1.165) is 38.4 Å². The van der Waals surface area contributed by atoms with Crippen LogP contribution >= 0.6 is 0 Å². The van der Waals surface area contributed by atoms with Crippen molar-refractivity contribution in [1.82, 2.24) is 15.5 Å². The lowest BCUT2D eigenvalue weighted by atomic mass is 10.1. The Bertz CT molecular complexity index is 1090. The van der Waals surface area contributed by atoms with Crippen molar-refractivity contribution in [2.24, 2.45) is 0 Å². The summed E-state index contributed by atoms with van der Waals surface area (Å²) in [5.41, 5.74) is 2.75. The molecule has 1 aliphatic heterocycles. The fourth-order valence-electron chi connectivity index (χ4n) is 3.59. The number of ether oxygens (including phenoxy) is 1. The Labute approximate surface area is 193 Å². The zero-order valence-corrected chi connectivity index (χ0v) is 18.3. The summed E-state index contributed by atoms with van der Waals surface area (Å²) in [4.78, 5) is 27.9. The molecule has 0 aliphatic carbocycles. The minimum Gasteiger partial charge on any atom is -0.465 e. The lowest BCUT2D eigenvalue weighted by Crippen LogP contribution is -2.35. The highest BCUT2D eigenvalue weighted by molar-refractivity contribution is 6.05. The number of nitrogens with one attached hydrogen (secondary N) is 2. The van der Waals surface area contributed by atoms with Crippen LogP contribution in [0, 0.1) is 0 Å². The van der Waals surface area contributed by atoms with Crippen LogP contribution in [0.15, 0.2) is 83.1 Å². The maximum Gasteiger partial charge on any atom is 0.268 e. The quantitative estimate of drug-likeness (QED) is 0.521. The van der Waals surface area contributed by atoms with Crippen molar-refractivity contribution in [2.45, 2.75) is 13.1 Å². The maximum absolute atomic E-state index is 13.0. The molecule has 7 heteroatoms. The molecule has 2 amide bonds. The topological polar surface area (TPSA) is 83.8 Å². The Morgan fingerprint density at radius 1 is 0.939 bits per heavy atom. The lowest BCUT2D eigenvalue weighted by molar-refractivity contribution is -0.117. The lowest BCUT2D eigenvalue weighted by Gasteiger charge is -2.26. The molecule has 170 valence electrons. The van der Waals surface area contributed by atoms with Gasteiger partial charge in [-0.2, -0.15) is 0 Å². The van der Waals surface area contributed by atoms with Gasteiger partial charge in [0, 0.05) is 37.8 Å². The van der Waals surface area contributed by atoms with E-state index in [1.54, 1.807) is 36.4 Å². The van der Waals surface area contributed by atoms with Gasteiger partial charge in [-0.1, -0.05) is 42.5 Å². The first kappa shape index (κ1) is 22.5. The average molecular weight is 446 g/mol. The van der Waals surface area contributed by atoms with E-state index < -0.39 is 5.91 Å². The second-order valence-electron chi connectivity index (χ2n) is 7.78. The predicted molar refractivity (Wildman–Crippen MR) is 125 cm³/mol. The van der Waals surface area contributed by atoms with E-state index in [1.807, 2.05) is 18.2 Å². The number of morpholine rings is 1. The van der Waals surface area contributed by atoms with E-state index >= 15 is 0 Å². The van der Waals surface area contributed by atoms with Crippen LogP contribution < -0.4 is 10.6 Å². The Hall–Kier alpha value is -3.68. The first-order chi connectivity index (χ1) is 16.2. The van der Waals surface area contributed by atoms with Gasteiger partial charge in [-0.3, -0.25) is 14.5 Å². The third kappa shape index (κ3) is 6.65. The van der Waals surface area contributed by atoms with Crippen molar-refractivity contribution in [3.8, 4) is 0 Å². The summed E-state index contributed by atoms with van der Waals surface area (Å²) in [6, 6.07) is 20.3. The normalized spacial score (nSPS) is 14.6. The molecule has 7 nitrogen and oxygen atoms in total. The molecular weight excluding hydrogens is 418 g/mol. The second-order valence-corrected chi connectivity index (χ2v) is 7.78. The zero-order valence-electron chi connectivity index (χ0n) is 18.3. The number of benzene rings is 2. The molecule has 0 radical (unpaired) electrons. The summed E-state index contributed by atoms with van der Waals surface area (Å²) < 4.78 is 10.7. The minimum atomic E-state index is -0.394. The molecule has 1 fully saturated rings. The molecule has 0 unspecified atom stereocenters. The zero-order chi connectivity index (χ0) is 22.9. The molecular formula is C26H27N3O4. The number of nitrogens with zero attached hydrogens (tertiary/aromatic N) is 1. The van der Waals surface area contributed by atoms with Crippen LogP contribution in [0.1, 0.15) is 27.2 Å². The molecule has 1 aliphatic rings. The molecule has 3 aromatic rings.